The summed E-state index contributed by atoms with van der Waals surface area (Å²) in [6.45, 7) is 0. The van der Waals surface area contributed by atoms with E-state index in [1.807, 2.05) is 0 Å². The molecule has 2 rings (SSSR count). The number of benzene rings is 1. The Balaban J connectivity index is 2.37. The van der Waals surface area contributed by atoms with Crippen LogP contribution in [0.25, 0.3) is 0 Å². The van der Waals surface area contributed by atoms with Crippen LogP contribution in [-0.2, 0) is 4.74 Å². The van der Waals surface area contributed by atoms with Crippen molar-refractivity contribution < 1.29 is 19.4 Å². The molecule has 2 N–H and O–H groups in total. The summed E-state index contributed by atoms with van der Waals surface area (Å²) in [7, 11) is 1.27. The number of esters is 1. The highest BCUT2D eigenvalue weighted by atomic mass is 35.5. The third-order valence-electron chi connectivity index (χ3n) is 2.67. The van der Waals surface area contributed by atoms with Crippen LogP contribution in [-0.4, -0.2) is 29.1 Å². The Labute approximate surface area is 125 Å². The van der Waals surface area contributed by atoms with E-state index in [-0.39, 0.29) is 22.0 Å². The summed E-state index contributed by atoms with van der Waals surface area (Å²) in [4.78, 5) is 26.7. The number of carboxylic acid groups (broad SMARTS) is 1. The number of halogens is 1. The van der Waals surface area contributed by atoms with Gasteiger partial charge in [-0.2, -0.15) is 0 Å². The van der Waals surface area contributed by atoms with Gasteiger partial charge < -0.3 is 15.2 Å². The van der Waals surface area contributed by atoms with Crippen molar-refractivity contribution >= 4 is 35.0 Å². The van der Waals surface area contributed by atoms with Crippen LogP contribution in [0.1, 0.15) is 20.7 Å². The van der Waals surface area contributed by atoms with Crippen LogP contribution in [0.15, 0.2) is 36.5 Å². The van der Waals surface area contributed by atoms with Crippen molar-refractivity contribution in [3.63, 3.8) is 0 Å². The maximum absolute atomic E-state index is 11.6. The van der Waals surface area contributed by atoms with E-state index in [1.165, 1.54) is 25.4 Å². The van der Waals surface area contributed by atoms with Crippen LogP contribution in [0.3, 0.4) is 0 Å². The number of carbonyl (C=O) groups excluding carboxylic acids is 1. The first-order valence-corrected chi connectivity index (χ1v) is 6.24. The molecule has 2 aromatic rings. The van der Waals surface area contributed by atoms with Gasteiger partial charge in [-0.1, -0.05) is 11.6 Å². The molecule has 7 heteroatoms. The fraction of sp³-hybridized carbons (Fsp3) is 0.0714. The molecule has 0 aliphatic heterocycles. The van der Waals surface area contributed by atoms with Crippen LogP contribution in [0.2, 0.25) is 5.02 Å². The molecular weight excluding hydrogens is 296 g/mol. The fourth-order valence-corrected chi connectivity index (χ4v) is 1.88. The van der Waals surface area contributed by atoms with Gasteiger partial charge in [0.2, 0.25) is 0 Å². The van der Waals surface area contributed by atoms with E-state index in [1.54, 1.807) is 18.2 Å². The first-order chi connectivity index (χ1) is 10.0. The van der Waals surface area contributed by atoms with Gasteiger partial charge in [0.25, 0.3) is 0 Å². The average Bonchev–Trinajstić information content (AvgIpc) is 2.48. The zero-order chi connectivity index (χ0) is 15.4. The number of aromatic carboxylic acids is 1. The third-order valence-corrected chi connectivity index (χ3v) is 3.00. The molecular formula is C14H11ClN2O4. The number of ether oxygens (including phenoxy) is 1. The van der Waals surface area contributed by atoms with Crippen molar-refractivity contribution in [2.24, 2.45) is 0 Å². The Kier molecular flexibility index (Phi) is 4.39. The van der Waals surface area contributed by atoms with Gasteiger partial charge in [0.15, 0.2) is 0 Å². The molecule has 0 aliphatic rings. The van der Waals surface area contributed by atoms with E-state index in [0.29, 0.717) is 5.69 Å². The first kappa shape index (κ1) is 14.8. The monoisotopic (exact) mass is 306 g/mol. The highest BCUT2D eigenvalue weighted by Gasteiger charge is 2.14. The van der Waals surface area contributed by atoms with Gasteiger partial charge >= 0.3 is 11.9 Å². The molecule has 1 aromatic heterocycles. The predicted molar refractivity (Wildman–Crippen MR) is 77.3 cm³/mol. The second kappa shape index (κ2) is 6.23. The average molecular weight is 307 g/mol. The van der Waals surface area contributed by atoms with Gasteiger partial charge in [-0.15, -0.1) is 0 Å². The number of hydrogen-bond donors (Lipinski definition) is 2. The Bertz CT molecular complexity index is 703. The topological polar surface area (TPSA) is 88.5 Å². The van der Waals surface area contributed by atoms with Crippen LogP contribution >= 0.6 is 11.6 Å². The number of carbonyl (C=O) groups is 2. The number of carboxylic acids is 1. The lowest BCUT2D eigenvalue weighted by Crippen LogP contribution is -2.07. The number of nitrogens with one attached hydrogen (secondary N) is 1. The van der Waals surface area contributed by atoms with Crippen molar-refractivity contribution in [1.29, 1.82) is 0 Å². The van der Waals surface area contributed by atoms with E-state index < -0.39 is 11.9 Å². The predicted octanol–water partition coefficient (Wildman–Crippen LogP) is 2.96. The normalized spacial score (nSPS) is 10.0. The maximum Gasteiger partial charge on any atom is 0.341 e. The smallest absolute Gasteiger partial charge is 0.341 e. The highest BCUT2D eigenvalue weighted by Crippen LogP contribution is 2.24. The molecule has 6 nitrogen and oxygen atoms in total. The highest BCUT2D eigenvalue weighted by molar-refractivity contribution is 6.33. The van der Waals surface area contributed by atoms with Crippen molar-refractivity contribution in [3.05, 3.63) is 52.7 Å². The first-order valence-electron chi connectivity index (χ1n) is 5.86. The number of hydrogen-bond acceptors (Lipinski definition) is 5. The van der Waals surface area contributed by atoms with Gasteiger partial charge in [-0.25, -0.2) is 14.6 Å². The molecule has 0 saturated carbocycles. The number of nitrogens with zero attached hydrogens (tertiary/aromatic N) is 1. The molecule has 21 heavy (non-hydrogen) atoms. The van der Waals surface area contributed by atoms with Crippen molar-refractivity contribution in [1.82, 2.24) is 4.98 Å². The summed E-state index contributed by atoms with van der Waals surface area (Å²) in [5.74, 6) is -1.42. The standard InChI is InChI=1S/C14H11ClN2O4/c1-21-14(20)9-3-2-6-16-12(9)17-8-4-5-11(15)10(7-8)13(18)19/h2-7H,1H3,(H,16,17)(H,18,19). The summed E-state index contributed by atoms with van der Waals surface area (Å²) >= 11 is 5.80. The summed E-state index contributed by atoms with van der Waals surface area (Å²) in [6, 6.07) is 7.55. The van der Waals surface area contributed by atoms with Gasteiger partial charge in [0.05, 0.1) is 17.7 Å². The van der Waals surface area contributed by atoms with Gasteiger partial charge in [-0.05, 0) is 30.3 Å². The molecule has 0 radical (unpaired) electrons. The third kappa shape index (κ3) is 3.29. The lowest BCUT2D eigenvalue weighted by Gasteiger charge is -2.10. The Morgan fingerprint density at radius 2 is 2.05 bits per heavy atom. The molecule has 0 bridgehead atoms. The molecule has 0 saturated heterocycles. The van der Waals surface area contributed by atoms with Gasteiger partial charge in [-0.3, -0.25) is 0 Å². The van der Waals surface area contributed by atoms with Crippen LogP contribution in [0.5, 0.6) is 0 Å². The molecule has 0 spiro atoms. The molecule has 0 amide bonds. The lowest BCUT2D eigenvalue weighted by atomic mass is 10.2. The van der Waals surface area contributed by atoms with Crippen molar-refractivity contribution in [3.8, 4) is 0 Å². The molecule has 0 unspecified atom stereocenters. The van der Waals surface area contributed by atoms with Crippen LogP contribution in [0, 0.1) is 0 Å². The number of pyridine rings is 1. The molecule has 1 heterocycles. The minimum Gasteiger partial charge on any atom is -0.478 e. The minimum absolute atomic E-state index is 0.0442. The largest absolute Gasteiger partial charge is 0.478 e. The summed E-state index contributed by atoms with van der Waals surface area (Å²) in [5.41, 5.74) is 0.643. The van der Waals surface area contributed by atoms with E-state index in [4.69, 9.17) is 16.7 Å². The van der Waals surface area contributed by atoms with Crippen LogP contribution in [0.4, 0.5) is 11.5 Å². The van der Waals surface area contributed by atoms with Gasteiger partial charge in [0, 0.05) is 11.9 Å². The second-order valence-corrected chi connectivity index (χ2v) is 4.42. The molecule has 0 fully saturated rings. The Morgan fingerprint density at radius 1 is 1.29 bits per heavy atom. The summed E-state index contributed by atoms with van der Waals surface area (Å²) < 4.78 is 4.66. The molecule has 0 aliphatic carbocycles. The number of rotatable bonds is 4. The number of methoxy groups -OCH3 is 1. The zero-order valence-electron chi connectivity index (χ0n) is 11.0. The molecule has 1 aromatic carbocycles. The summed E-state index contributed by atoms with van der Waals surface area (Å²) in [6.07, 6.45) is 1.50. The number of anilines is 2. The minimum atomic E-state index is -1.14. The van der Waals surface area contributed by atoms with Gasteiger partial charge in [0.1, 0.15) is 11.4 Å². The quantitative estimate of drug-likeness (QED) is 0.844. The summed E-state index contributed by atoms with van der Waals surface area (Å²) in [5, 5.41) is 12.0. The zero-order valence-corrected chi connectivity index (χ0v) is 11.7. The van der Waals surface area contributed by atoms with E-state index in [9.17, 15) is 9.59 Å². The van der Waals surface area contributed by atoms with Crippen LogP contribution < -0.4 is 5.32 Å². The maximum atomic E-state index is 11.6. The Hall–Kier alpha value is -2.60. The van der Waals surface area contributed by atoms with Crippen molar-refractivity contribution in [2.45, 2.75) is 0 Å². The second-order valence-electron chi connectivity index (χ2n) is 4.02. The Morgan fingerprint density at radius 3 is 2.71 bits per heavy atom. The SMILES string of the molecule is COC(=O)c1cccnc1Nc1ccc(Cl)c(C(=O)O)c1. The molecule has 0 atom stereocenters. The number of aromatic nitrogens is 1. The van der Waals surface area contributed by atoms with E-state index in [2.05, 4.69) is 15.0 Å². The fourth-order valence-electron chi connectivity index (χ4n) is 1.68. The lowest BCUT2D eigenvalue weighted by molar-refractivity contribution is 0.0600. The molecule has 108 valence electrons. The van der Waals surface area contributed by atoms with Crippen molar-refractivity contribution in [2.75, 3.05) is 12.4 Å². The van der Waals surface area contributed by atoms with E-state index >= 15 is 0 Å². The van der Waals surface area contributed by atoms with E-state index in [0.717, 1.165) is 0 Å².